The van der Waals surface area contributed by atoms with Gasteiger partial charge in [-0.15, -0.1) is 0 Å². The molecule has 13 heavy (non-hydrogen) atoms. The van der Waals surface area contributed by atoms with Gasteiger partial charge in [-0.2, -0.15) is 0 Å². The highest BCUT2D eigenvalue weighted by molar-refractivity contribution is 4.82. The molecule has 2 unspecified atom stereocenters. The van der Waals surface area contributed by atoms with Gasteiger partial charge in [0.05, 0.1) is 0 Å². The van der Waals surface area contributed by atoms with Crippen molar-refractivity contribution < 1.29 is 10.2 Å². The minimum absolute atomic E-state index is 0.0324. The quantitative estimate of drug-likeness (QED) is 0.633. The fourth-order valence-electron chi connectivity index (χ4n) is 2.42. The Hall–Kier alpha value is -0.120. The van der Waals surface area contributed by atoms with Crippen molar-refractivity contribution in [3.63, 3.8) is 0 Å². The average molecular weight is 187 g/mol. The molecule has 78 valence electrons. The highest BCUT2D eigenvalue weighted by Gasteiger charge is 2.33. The van der Waals surface area contributed by atoms with E-state index in [2.05, 4.69) is 25.8 Å². The van der Waals surface area contributed by atoms with Crippen molar-refractivity contribution in [2.45, 2.75) is 26.6 Å². The molecule has 0 saturated carbocycles. The maximum atomic E-state index is 9.27. The second-order valence-corrected chi connectivity index (χ2v) is 4.55. The van der Waals surface area contributed by atoms with Gasteiger partial charge in [0.15, 0.2) is 6.29 Å². The van der Waals surface area contributed by atoms with Crippen LogP contribution in [0.15, 0.2) is 0 Å². The molecule has 1 fully saturated rings. The summed E-state index contributed by atoms with van der Waals surface area (Å²) >= 11 is 0. The van der Waals surface area contributed by atoms with Crippen LogP contribution in [-0.2, 0) is 0 Å². The van der Waals surface area contributed by atoms with E-state index in [4.69, 9.17) is 0 Å². The zero-order chi connectivity index (χ0) is 10.0. The van der Waals surface area contributed by atoms with Crippen LogP contribution in [0.25, 0.3) is 0 Å². The molecule has 3 nitrogen and oxygen atoms in total. The molecular weight excluding hydrogens is 166 g/mol. The number of nitrogens with zero attached hydrogens (tertiary/aromatic N) is 1. The summed E-state index contributed by atoms with van der Waals surface area (Å²) in [4.78, 5) is 2.25. The Labute approximate surface area is 80.4 Å². The minimum atomic E-state index is -1.16. The van der Waals surface area contributed by atoms with E-state index in [1.54, 1.807) is 0 Å². The number of likely N-dealkylation sites (tertiary alicyclic amines) is 1. The van der Waals surface area contributed by atoms with E-state index in [1.807, 2.05) is 0 Å². The van der Waals surface area contributed by atoms with Gasteiger partial charge in [0.25, 0.3) is 0 Å². The summed E-state index contributed by atoms with van der Waals surface area (Å²) in [6.45, 7) is 6.20. The molecule has 1 heterocycles. The van der Waals surface area contributed by atoms with E-state index in [0.29, 0.717) is 11.8 Å². The molecule has 1 rings (SSSR count). The average Bonchev–Trinajstić information content (AvgIpc) is 2.34. The third-order valence-corrected chi connectivity index (χ3v) is 3.09. The molecule has 2 atom stereocenters. The first-order valence-electron chi connectivity index (χ1n) is 5.07. The third kappa shape index (κ3) is 2.66. The SMILES string of the molecule is CC(C)C(C(O)O)C1CCN(C)C1. The van der Waals surface area contributed by atoms with Gasteiger partial charge >= 0.3 is 0 Å². The lowest BCUT2D eigenvalue weighted by Gasteiger charge is -2.28. The van der Waals surface area contributed by atoms with Crippen LogP contribution in [-0.4, -0.2) is 41.5 Å². The molecular formula is C10H21NO2. The van der Waals surface area contributed by atoms with Crippen LogP contribution < -0.4 is 0 Å². The molecule has 0 aliphatic carbocycles. The first-order chi connectivity index (χ1) is 6.02. The topological polar surface area (TPSA) is 43.7 Å². The first-order valence-corrected chi connectivity index (χ1v) is 5.07. The van der Waals surface area contributed by atoms with Crippen molar-refractivity contribution in [2.24, 2.45) is 17.8 Å². The summed E-state index contributed by atoms with van der Waals surface area (Å²) in [6.07, 6.45) is -0.0618. The van der Waals surface area contributed by atoms with Gasteiger partial charge in [0.1, 0.15) is 0 Å². The largest absolute Gasteiger partial charge is 0.368 e. The highest BCUT2D eigenvalue weighted by Crippen LogP contribution is 2.30. The second-order valence-electron chi connectivity index (χ2n) is 4.55. The predicted molar refractivity (Wildman–Crippen MR) is 52.2 cm³/mol. The second kappa shape index (κ2) is 4.40. The third-order valence-electron chi connectivity index (χ3n) is 3.09. The molecule has 2 N–H and O–H groups in total. The number of aliphatic hydroxyl groups excluding tert-OH is 1. The molecule has 0 spiro atoms. The Balaban J connectivity index is 2.55. The monoisotopic (exact) mass is 187 g/mol. The standard InChI is InChI=1S/C10H21NO2/c1-7(2)9(10(12)13)8-4-5-11(3)6-8/h7-10,12-13H,4-6H2,1-3H3. The van der Waals surface area contributed by atoms with Crippen LogP contribution >= 0.6 is 0 Å². The summed E-state index contributed by atoms with van der Waals surface area (Å²) in [7, 11) is 2.08. The van der Waals surface area contributed by atoms with E-state index in [0.717, 1.165) is 19.5 Å². The van der Waals surface area contributed by atoms with Crippen LogP contribution in [0.5, 0.6) is 0 Å². The Kier molecular flexibility index (Phi) is 3.71. The van der Waals surface area contributed by atoms with Crippen LogP contribution in [0.3, 0.4) is 0 Å². The summed E-state index contributed by atoms with van der Waals surface area (Å²) < 4.78 is 0. The molecule has 0 bridgehead atoms. The predicted octanol–water partition coefficient (Wildman–Crippen LogP) is 0.521. The summed E-state index contributed by atoms with van der Waals surface area (Å²) in [5, 5.41) is 18.5. The zero-order valence-corrected chi connectivity index (χ0v) is 8.77. The molecule has 0 radical (unpaired) electrons. The fourth-order valence-corrected chi connectivity index (χ4v) is 2.42. The number of hydrogen-bond acceptors (Lipinski definition) is 3. The fraction of sp³-hybridized carbons (Fsp3) is 1.00. The Morgan fingerprint density at radius 3 is 2.23 bits per heavy atom. The van der Waals surface area contributed by atoms with Gasteiger partial charge in [-0.25, -0.2) is 0 Å². The van der Waals surface area contributed by atoms with E-state index < -0.39 is 6.29 Å². The highest BCUT2D eigenvalue weighted by atomic mass is 16.5. The van der Waals surface area contributed by atoms with Crippen LogP contribution in [0, 0.1) is 17.8 Å². The maximum absolute atomic E-state index is 9.27. The number of aliphatic hydroxyl groups is 2. The lowest BCUT2D eigenvalue weighted by Crippen LogP contribution is -2.33. The van der Waals surface area contributed by atoms with Gasteiger partial charge < -0.3 is 15.1 Å². The van der Waals surface area contributed by atoms with Crippen molar-refractivity contribution in [2.75, 3.05) is 20.1 Å². The van der Waals surface area contributed by atoms with Crippen molar-refractivity contribution in [3.05, 3.63) is 0 Å². The zero-order valence-electron chi connectivity index (χ0n) is 8.77. The number of rotatable bonds is 3. The molecule has 1 saturated heterocycles. The van der Waals surface area contributed by atoms with E-state index in [9.17, 15) is 10.2 Å². The van der Waals surface area contributed by atoms with Crippen molar-refractivity contribution in [3.8, 4) is 0 Å². The van der Waals surface area contributed by atoms with Gasteiger partial charge in [0, 0.05) is 12.5 Å². The molecule has 0 amide bonds. The Bertz CT molecular complexity index is 151. The van der Waals surface area contributed by atoms with Crippen LogP contribution in [0.2, 0.25) is 0 Å². The summed E-state index contributed by atoms with van der Waals surface area (Å²) in [5.74, 6) is 0.825. The van der Waals surface area contributed by atoms with E-state index >= 15 is 0 Å². The van der Waals surface area contributed by atoms with Crippen molar-refractivity contribution in [1.29, 1.82) is 0 Å². The first kappa shape index (κ1) is 11.0. The molecule has 1 aliphatic rings. The Morgan fingerprint density at radius 2 is 1.92 bits per heavy atom. The normalized spacial score (nSPS) is 27.5. The van der Waals surface area contributed by atoms with Gasteiger partial charge in [-0.05, 0) is 31.8 Å². The van der Waals surface area contributed by atoms with Gasteiger partial charge in [0.2, 0.25) is 0 Å². The van der Waals surface area contributed by atoms with E-state index in [1.165, 1.54) is 0 Å². The van der Waals surface area contributed by atoms with Crippen LogP contribution in [0.4, 0.5) is 0 Å². The lowest BCUT2D eigenvalue weighted by atomic mass is 9.82. The summed E-state index contributed by atoms with van der Waals surface area (Å²) in [5.41, 5.74) is 0. The maximum Gasteiger partial charge on any atom is 0.154 e. The van der Waals surface area contributed by atoms with Crippen molar-refractivity contribution >= 4 is 0 Å². The van der Waals surface area contributed by atoms with E-state index in [-0.39, 0.29) is 5.92 Å². The molecule has 0 aromatic heterocycles. The number of hydrogen-bond donors (Lipinski definition) is 2. The Morgan fingerprint density at radius 1 is 1.31 bits per heavy atom. The van der Waals surface area contributed by atoms with Crippen molar-refractivity contribution in [1.82, 2.24) is 4.90 Å². The molecule has 3 heteroatoms. The molecule has 0 aromatic carbocycles. The smallest absolute Gasteiger partial charge is 0.154 e. The lowest BCUT2D eigenvalue weighted by molar-refractivity contribution is -0.113. The molecule has 1 aliphatic heterocycles. The van der Waals surface area contributed by atoms with Crippen LogP contribution in [0.1, 0.15) is 20.3 Å². The minimum Gasteiger partial charge on any atom is -0.368 e. The van der Waals surface area contributed by atoms with Gasteiger partial charge in [-0.1, -0.05) is 13.8 Å². The molecule has 0 aromatic rings. The summed E-state index contributed by atoms with van der Waals surface area (Å²) in [6, 6.07) is 0. The van der Waals surface area contributed by atoms with Gasteiger partial charge in [-0.3, -0.25) is 0 Å².